The van der Waals surface area contributed by atoms with E-state index >= 15 is 0 Å². The minimum absolute atomic E-state index is 0.0291. The number of likely N-dealkylation sites (tertiary alicyclic amines) is 1. The van der Waals surface area contributed by atoms with Crippen molar-refractivity contribution in [3.05, 3.63) is 18.2 Å². The van der Waals surface area contributed by atoms with Gasteiger partial charge in [-0.25, -0.2) is 8.42 Å². The normalized spacial score (nSPS) is 27.3. The molecule has 2 aliphatic heterocycles. The largest absolute Gasteiger partial charge is 0.299 e. The van der Waals surface area contributed by atoms with Gasteiger partial charge in [-0.3, -0.25) is 4.90 Å². The standard InChI is InChI=1S/C14H18N4O2S2/c1-17-8-3-6-14(17)7-9-18(10-14)22(19,20)12-5-2-4-11-13(12)16-21-15-11/h2,4-5H,3,6-10H2,1H3. The zero-order valence-corrected chi connectivity index (χ0v) is 14.0. The fourth-order valence-electron chi connectivity index (χ4n) is 3.74. The first kappa shape index (κ1) is 14.5. The molecule has 3 heterocycles. The van der Waals surface area contributed by atoms with E-state index in [9.17, 15) is 8.42 Å². The molecule has 0 amide bonds. The molecule has 2 saturated heterocycles. The highest BCUT2D eigenvalue weighted by Crippen LogP contribution is 2.39. The number of sulfonamides is 1. The summed E-state index contributed by atoms with van der Waals surface area (Å²) in [6, 6.07) is 5.18. The van der Waals surface area contributed by atoms with Gasteiger partial charge in [0, 0.05) is 18.6 Å². The average molecular weight is 338 g/mol. The van der Waals surface area contributed by atoms with Crippen molar-refractivity contribution in [1.29, 1.82) is 0 Å². The fourth-order valence-corrected chi connectivity index (χ4v) is 6.01. The molecule has 8 heteroatoms. The Morgan fingerprint density at radius 1 is 1.23 bits per heavy atom. The van der Waals surface area contributed by atoms with E-state index in [1.165, 1.54) is 0 Å². The monoisotopic (exact) mass is 338 g/mol. The van der Waals surface area contributed by atoms with Crippen molar-refractivity contribution in [2.75, 3.05) is 26.7 Å². The second-order valence-corrected chi connectivity index (χ2v) is 8.66. The van der Waals surface area contributed by atoms with E-state index in [1.54, 1.807) is 22.5 Å². The van der Waals surface area contributed by atoms with Crippen molar-refractivity contribution >= 4 is 32.8 Å². The van der Waals surface area contributed by atoms with Crippen molar-refractivity contribution in [2.24, 2.45) is 0 Å². The SMILES string of the molecule is CN1CCCC12CCN(S(=O)(=O)c1cccc3nsnc13)C2. The maximum atomic E-state index is 13.0. The minimum atomic E-state index is -3.51. The van der Waals surface area contributed by atoms with Gasteiger partial charge in [0.2, 0.25) is 10.0 Å². The van der Waals surface area contributed by atoms with Gasteiger partial charge in [-0.1, -0.05) is 6.07 Å². The molecule has 6 nitrogen and oxygen atoms in total. The zero-order chi connectivity index (χ0) is 15.4. The van der Waals surface area contributed by atoms with Crippen LogP contribution in [0.2, 0.25) is 0 Å². The molecule has 1 aromatic carbocycles. The van der Waals surface area contributed by atoms with Crippen molar-refractivity contribution in [2.45, 2.75) is 29.7 Å². The van der Waals surface area contributed by atoms with Crippen LogP contribution in [0.5, 0.6) is 0 Å². The van der Waals surface area contributed by atoms with E-state index in [4.69, 9.17) is 0 Å². The lowest BCUT2D eigenvalue weighted by Gasteiger charge is -2.31. The van der Waals surface area contributed by atoms with Gasteiger partial charge >= 0.3 is 0 Å². The van der Waals surface area contributed by atoms with Crippen LogP contribution in [-0.2, 0) is 10.0 Å². The average Bonchev–Trinajstić information content (AvgIpc) is 3.21. The topological polar surface area (TPSA) is 66.4 Å². The molecular weight excluding hydrogens is 320 g/mol. The van der Waals surface area contributed by atoms with Gasteiger partial charge in [0.25, 0.3) is 0 Å². The van der Waals surface area contributed by atoms with Crippen molar-refractivity contribution in [1.82, 2.24) is 18.0 Å². The minimum Gasteiger partial charge on any atom is -0.299 e. The van der Waals surface area contributed by atoms with Crippen LogP contribution >= 0.6 is 11.7 Å². The summed E-state index contributed by atoms with van der Waals surface area (Å²) in [4.78, 5) is 2.62. The predicted molar refractivity (Wildman–Crippen MR) is 85.4 cm³/mol. The maximum absolute atomic E-state index is 13.0. The first-order valence-corrected chi connectivity index (χ1v) is 9.63. The van der Waals surface area contributed by atoms with Gasteiger partial charge in [-0.15, -0.1) is 0 Å². The van der Waals surface area contributed by atoms with Gasteiger partial charge in [0.15, 0.2) is 0 Å². The number of hydrogen-bond acceptors (Lipinski definition) is 6. The summed E-state index contributed by atoms with van der Waals surface area (Å²) in [6.07, 6.45) is 3.14. The molecule has 1 aromatic heterocycles. The number of aromatic nitrogens is 2. The molecule has 1 atom stereocenters. The molecule has 1 unspecified atom stereocenters. The van der Waals surface area contributed by atoms with E-state index in [0.29, 0.717) is 24.1 Å². The highest BCUT2D eigenvalue weighted by molar-refractivity contribution is 7.89. The highest BCUT2D eigenvalue weighted by Gasteiger charge is 2.47. The van der Waals surface area contributed by atoms with Gasteiger partial charge in [0.05, 0.1) is 11.7 Å². The molecule has 0 N–H and O–H groups in total. The molecule has 2 fully saturated rings. The van der Waals surface area contributed by atoms with Gasteiger partial charge in [-0.05, 0) is 45.0 Å². The Kier molecular flexibility index (Phi) is 3.26. The second-order valence-electron chi connectivity index (χ2n) is 6.23. The Labute approximate surface area is 134 Å². The molecular formula is C14H18N4O2S2. The second kappa shape index (κ2) is 4.95. The molecule has 0 aliphatic carbocycles. The summed E-state index contributed by atoms with van der Waals surface area (Å²) in [5.41, 5.74) is 1.17. The van der Waals surface area contributed by atoms with E-state index in [0.717, 1.165) is 37.5 Å². The van der Waals surface area contributed by atoms with Crippen LogP contribution in [0.25, 0.3) is 11.0 Å². The van der Waals surface area contributed by atoms with Gasteiger partial charge in [-0.2, -0.15) is 13.1 Å². The van der Waals surface area contributed by atoms with Crippen LogP contribution in [0.3, 0.4) is 0 Å². The summed E-state index contributed by atoms with van der Waals surface area (Å²) in [7, 11) is -1.41. The fraction of sp³-hybridized carbons (Fsp3) is 0.571. The smallest absolute Gasteiger partial charge is 0.245 e. The summed E-state index contributed by atoms with van der Waals surface area (Å²) in [6.45, 7) is 2.22. The summed E-state index contributed by atoms with van der Waals surface area (Å²) >= 11 is 1.05. The Morgan fingerprint density at radius 3 is 2.86 bits per heavy atom. The third-order valence-corrected chi connectivity index (χ3v) is 7.53. The summed E-state index contributed by atoms with van der Waals surface area (Å²) in [5.74, 6) is 0. The van der Waals surface area contributed by atoms with Crippen molar-refractivity contribution in [3.63, 3.8) is 0 Å². The molecule has 0 saturated carbocycles. The van der Waals surface area contributed by atoms with Crippen LogP contribution in [0.4, 0.5) is 0 Å². The third kappa shape index (κ3) is 2.01. The molecule has 2 aliphatic rings. The third-order valence-electron chi connectivity index (χ3n) is 5.11. The lowest BCUT2D eigenvalue weighted by molar-refractivity contribution is 0.188. The number of hydrogen-bond donors (Lipinski definition) is 0. The molecule has 118 valence electrons. The lowest BCUT2D eigenvalue weighted by Crippen LogP contribution is -2.44. The number of benzene rings is 1. The van der Waals surface area contributed by atoms with Gasteiger partial charge < -0.3 is 0 Å². The van der Waals surface area contributed by atoms with Crippen LogP contribution in [0.15, 0.2) is 23.1 Å². The van der Waals surface area contributed by atoms with Crippen LogP contribution in [0.1, 0.15) is 19.3 Å². The predicted octanol–water partition coefficient (Wildman–Crippen LogP) is 1.55. The van der Waals surface area contributed by atoms with Crippen molar-refractivity contribution in [3.8, 4) is 0 Å². The van der Waals surface area contributed by atoms with Crippen LogP contribution in [-0.4, -0.2) is 58.6 Å². The molecule has 1 spiro atoms. The van der Waals surface area contributed by atoms with Crippen LogP contribution < -0.4 is 0 Å². The zero-order valence-electron chi connectivity index (χ0n) is 12.4. The molecule has 4 rings (SSSR count). The van der Waals surface area contributed by atoms with Crippen molar-refractivity contribution < 1.29 is 8.42 Å². The van der Waals surface area contributed by atoms with E-state index in [2.05, 4.69) is 20.7 Å². The Hall–Kier alpha value is -1.09. The molecule has 0 radical (unpaired) electrons. The van der Waals surface area contributed by atoms with E-state index in [1.807, 2.05) is 0 Å². The molecule has 0 bridgehead atoms. The molecule has 2 aromatic rings. The Morgan fingerprint density at radius 2 is 2.09 bits per heavy atom. The first-order valence-electron chi connectivity index (χ1n) is 7.46. The molecule has 22 heavy (non-hydrogen) atoms. The number of likely N-dealkylation sites (N-methyl/N-ethyl adjacent to an activating group) is 1. The first-order chi connectivity index (χ1) is 10.5. The Balaban J connectivity index is 1.72. The maximum Gasteiger partial charge on any atom is 0.245 e. The number of nitrogens with zero attached hydrogens (tertiary/aromatic N) is 4. The van der Waals surface area contributed by atoms with Gasteiger partial charge in [0.1, 0.15) is 15.9 Å². The van der Waals surface area contributed by atoms with Crippen LogP contribution in [0, 0.1) is 0 Å². The van der Waals surface area contributed by atoms with E-state index in [-0.39, 0.29) is 10.4 Å². The number of rotatable bonds is 2. The summed E-state index contributed by atoms with van der Waals surface area (Å²) < 4.78 is 36.0. The number of fused-ring (bicyclic) bond motifs is 1. The summed E-state index contributed by atoms with van der Waals surface area (Å²) in [5, 5.41) is 0. The van der Waals surface area contributed by atoms with E-state index < -0.39 is 10.0 Å². The quantitative estimate of drug-likeness (QED) is 0.831. The Bertz CT molecular complexity index is 819. The lowest BCUT2D eigenvalue weighted by atomic mass is 9.96. The highest BCUT2D eigenvalue weighted by atomic mass is 32.2.